The Labute approximate surface area is 265 Å². The number of furan rings is 1. The number of ether oxygens (including phenoxy) is 1. The minimum absolute atomic E-state index is 0.00420. The number of nitro benzene ring substituents is 1. The van der Waals surface area contributed by atoms with E-state index in [1.54, 1.807) is 81.4 Å². The van der Waals surface area contributed by atoms with Crippen LogP contribution in [0.2, 0.25) is 0 Å². The van der Waals surface area contributed by atoms with Gasteiger partial charge in [0.25, 0.3) is 11.6 Å². The molecule has 0 radical (unpaired) electrons. The van der Waals surface area contributed by atoms with E-state index in [1.165, 1.54) is 31.4 Å². The van der Waals surface area contributed by atoms with Gasteiger partial charge >= 0.3 is 5.97 Å². The zero-order valence-corrected chi connectivity index (χ0v) is 26.3. The van der Waals surface area contributed by atoms with Crippen molar-refractivity contribution in [1.82, 2.24) is 4.72 Å². The van der Waals surface area contributed by atoms with Crippen LogP contribution in [-0.2, 0) is 19.6 Å². The van der Waals surface area contributed by atoms with E-state index in [2.05, 4.69) is 10.0 Å². The van der Waals surface area contributed by atoms with Gasteiger partial charge in [0, 0.05) is 28.8 Å². The summed E-state index contributed by atoms with van der Waals surface area (Å²) in [7, 11) is -2.77. The van der Waals surface area contributed by atoms with Crippen molar-refractivity contribution < 1.29 is 32.1 Å². The molecule has 0 saturated heterocycles. The summed E-state index contributed by atoms with van der Waals surface area (Å²) in [4.78, 5) is 36.2. The molecule has 0 unspecified atom stereocenters. The Hall–Kier alpha value is -5.33. The van der Waals surface area contributed by atoms with Crippen molar-refractivity contribution in [2.75, 3.05) is 12.4 Å². The van der Waals surface area contributed by atoms with E-state index < -0.39 is 32.9 Å². The van der Waals surface area contributed by atoms with Crippen LogP contribution in [0.3, 0.4) is 0 Å². The number of anilines is 1. The van der Waals surface area contributed by atoms with Gasteiger partial charge in [0.1, 0.15) is 11.6 Å². The van der Waals surface area contributed by atoms with E-state index in [0.29, 0.717) is 33.3 Å². The second-order valence-electron chi connectivity index (χ2n) is 11.0. The van der Waals surface area contributed by atoms with Crippen molar-refractivity contribution >= 4 is 44.2 Å². The lowest BCUT2D eigenvalue weighted by Crippen LogP contribution is -2.44. The lowest BCUT2D eigenvalue weighted by atomic mass is 9.98. The van der Waals surface area contributed by atoms with Crippen molar-refractivity contribution in [1.29, 1.82) is 0 Å². The van der Waals surface area contributed by atoms with Gasteiger partial charge < -0.3 is 14.5 Å². The molecular formula is C34H31N3O8S. The van der Waals surface area contributed by atoms with Crippen molar-refractivity contribution in [3.8, 4) is 22.3 Å². The average molecular weight is 642 g/mol. The van der Waals surface area contributed by atoms with Crippen LogP contribution in [0.1, 0.15) is 30.0 Å². The first kappa shape index (κ1) is 32.1. The first-order chi connectivity index (χ1) is 21.9. The van der Waals surface area contributed by atoms with Gasteiger partial charge in [0.05, 0.1) is 16.9 Å². The number of sulfonamides is 1. The highest BCUT2D eigenvalue weighted by Crippen LogP contribution is 2.36. The summed E-state index contributed by atoms with van der Waals surface area (Å²) in [6.07, 6.45) is 0. The average Bonchev–Trinajstić information content (AvgIpc) is 3.40. The first-order valence-corrected chi connectivity index (χ1v) is 15.8. The molecule has 5 aromatic rings. The number of esters is 1. The van der Waals surface area contributed by atoms with Crippen LogP contribution in [-0.4, -0.2) is 38.4 Å². The molecule has 0 fully saturated rings. The molecule has 0 aliphatic rings. The van der Waals surface area contributed by atoms with Gasteiger partial charge in [-0.2, -0.15) is 4.72 Å². The van der Waals surface area contributed by atoms with Crippen LogP contribution < -0.4 is 10.0 Å². The van der Waals surface area contributed by atoms with Gasteiger partial charge in [-0.1, -0.05) is 62.4 Å². The summed E-state index contributed by atoms with van der Waals surface area (Å²) in [5.74, 6) is -1.31. The Morgan fingerprint density at radius 3 is 2.13 bits per heavy atom. The molecule has 12 heteroatoms. The van der Waals surface area contributed by atoms with Gasteiger partial charge in [-0.3, -0.25) is 19.7 Å². The molecule has 0 aliphatic carbocycles. The van der Waals surface area contributed by atoms with Crippen molar-refractivity contribution in [2.24, 2.45) is 5.92 Å². The van der Waals surface area contributed by atoms with E-state index in [1.807, 2.05) is 6.07 Å². The topological polar surface area (TPSA) is 158 Å². The number of nitro groups is 1. The number of nitrogens with one attached hydrogen (secondary N) is 2. The maximum Gasteiger partial charge on any atom is 0.324 e. The number of non-ortho nitro benzene ring substituents is 1. The summed E-state index contributed by atoms with van der Waals surface area (Å²) in [6, 6.07) is 23.8. The molecule has 0 spiro atoms. The number of fused-ring (bicyclic) bond motifs is 1. The van der Waals surface area contributed by atoms with E-state index in [4.69, 9.17) is 9.15 Å². The molecule has 1 aromatic heterocycles. The van der Waals surface area contributed by atoms with Crippen molar-refractivity contribution in [3.05, 3.63) is 112 Å². The molecule has 4 aromatic carbocycles. The molecule has 0 aliphatic heterocycles. The molecule has 236 valence electrons. The van der Waals surface area contributed by atoms with Gasteiger partial charge in [0.2, 0.25) is 10.0 Å². The molecule has 1 amide bonds. The van der Waals surface area contributed by atoms with Crippen LogP contribution in [0.25, 0.3) is 33.2 Å². The Balaban J connectivity index is 1.32. The fourth-order valence-corrected chi connectivity index (χ4v) is 6.46. The highest BCUT2D eigenvalue weighted by atomic mass is 32.2. The van der Waals surface area contributed by atoms with Gasteiger partial charge in [0.15, 0.2) is 5.76 Å². The predicted octanol–water partition coefficient (Wildman–Crippen LogP) is 6.71. The Bertz CT molecular complexity index is 2050. The van der Waals surface area contributed by atoms with Crippen LogP contribution in [0.4, 0.5) is 11.4 Å². The Morgan fingerprint density at radius 1 is 0.891 bits per heavy atom. The molecular weight excluding hydrogens is 610 g/mol. The molecule has 0 bridgehead atoms. The summed E-state index contributed by atoms with van der Waals surface area (Å²) in [6.45, 7) is 5.20. The van der Waals surface area contributed by atoms with Gasteiger partial charge in [-0.05, 0) is 65.4 Å². The summed E-state index contributed by atoms with van der Waals surface area (Å²) in [5, 5.41) is 14.8. The number of hydrogen-bond donors (Lipinski definition) is 2. The monoisotopic (exact) mass is 641 g/mol. The van der Waals surface area contributed by atoms with Crippen LogP contribution in [0, 0.1) is 23.0 Å². The highest BCUT2D eigenvalue weighted by molar-refractivity contribution is 7.89. The second-order valence-corrected chi connectivity index (χ2v) is 12.7. The summed E-state index contributed by atoms with van der Waals surface area (Å²) >= 11 is 0. The Kier molecular flexibility index (Phi) is 9.03. The zero-order chi connectivity index (χ0) is 33.2. The summed E-state index contributed by atoms with van der Waals surface area (Å²) < 4.78 is 38.9. The standard InChI is InChI=1S/C34H31N3O8S/c1-20(2)31(34(39)44-4)36-46(42,43)27-17-13-23(14-18-27)22-11-15-25(16-12-22)35-33(38)32-21(3)30-28(9-6-10-29(30)45-32)24-7-5-8-26(19-24)37(40)41/h5-20,31,36H,1-4H3,(H,35,38)/t31-/m0/s1. The second kappa shape index (κ2) is 13.0. The first-order valence-electron chi connectivity index (χ1n) is 14.3. The van der Waals surface area contributed by atoms with Gasteiger partial charge in [-0.15, -0.1) is 0 Å². The third kappa shape index (κ3) is 6.53. The number of benzene rings is 4. The smallest absolute Gasteiger partial charge is 0.324 e. The lowest BCUT2D eigenvalue weighted by molar-refractivity contribution is -0.384. The quantitative estimate of drug-likeness (QED) is 0.0967. The zero-order valence-electron chi connectivity index (χ0n) is 25.4. The number of hydrogen-bond acceptors (Lipinski definition) is 8. The normalized spacial score (nSPS) is 12.2. The number of amides is 1. The maximum absolute atomic E-state index is 13.3. The fourth-order valence-electron chi connectivity index (χ4n) is 5.13. The Morgan fingerprint density at radius 2 is 1.52 bits per heavy atom. The maximum atomic E-state index is 13.3. The van der Waals surface area contributed by atoms with E-state index in [0.717, 1.165) is 11.1 Å². The minimum atomic E-state index is -3.98. The molecule has 1 atom stereocenters. The minimum Gasteiger partial charge on any atom is -0.468 e. The molecule has 46 heavy (non-hydrogen) atoms. The number of aryl methyl sites for hydroxylation is 1. The third-order valence-corrected chi connectivity index (χ3v) is 9.03. The third-order valence-electron chi connectivity index (χ3n) is 7.57. The van der Waals surface area contributed by atoms with E-state index >= 15 is 0 Å². The van der Waals surface area contributed by atoms with Crippen molar-refractivity contribution in [3.63, 3.8) is 0 Å². The number of carbonyl (C=O) groups is 2. The largest absolute Gasteiger partial charge is 0.468 e. The number of nitrogens with zero attached hydrogens (tertiary/aromatic N) is 1. The predicted molar refractivity (Wildman–Crippen MR) is 174 cm³/mol. The lowest BCUT2D eigenvalue weighted by Gasteiger charge is -2.19. The number of carbonyl (C=O) groups excluding carboxylic acids is 2. The molecule has 0 saturated carbocycles. The van der Waals surface area contributed by atoms with Crippen LogP contribution >= 0.6 is 0 Å². The molecule has 5 rings (SSSR count). The fraction of sp³-hybridized carbons (Fsp3) is 0.176. The SMILES string of the molecule is COC(=O)[C@@H](NS(=O)(=O)c1ccc(-c2ccc(NC(=O)c3oc4cccc(-c5cccc([N+](=O)[O-])c5)c4c3C)cc2)cc1)C(C)C. The van der Waals surface area contributed by atoms with Crippen LogP contribution in [0.15, 0.2) is 100 Å². The molecule has 1 heterocycles. The number of methoxy groups -OCH3 is 1. The summed E-state index contributed by atoms with van der Waals surface area (Å²) in [5.41, 5.74) is 4.43. The van der Waals surface area contributed by atoms with E-state index in [9.17, 15) is 28.1 Å². The molecule has 2 N–H and O–H groups in total. The van der Waals surface area contributed by atoms with Crippen LogP contribution in [0.5, 0.6) is 0 Å². The van der Waals surface area contributed by atoms with Crippen molar-refractivity contribution in [2.45, 2.75) is 31.7 Å². The molecule has 11 nitrogen and oxygen atoms in total. The highest BCUT2D eigenvalue weighted by Gasteiger charge is 2.29. The van der Waals surface area contributed by atoms with Gasteiger partial charge in [-0.25, -0.2) is 8.42 Å². The number of rotatable bonds is 10. The van der Waals surface area contributed by atoms with E-state index in [-0.39, 0.29) is 22.3 Å².